The summed E-state index contributed by atoms with van der Waals surface area (Å²) in [5.74, 6) is 1.11. The molecule has 0 saturated heterocycles. The molecule has 0 atom stereocenters. The normalized spacial score (nSPS) is 14.3. The Morgan fingerprint density at radius 1 is 1.09 bits per heavy atom. The number of hydrogen-bond acceptors (Lipinski definition) is 5. The molecule has 4 rings (SSSR count). The number of ether oxygens (including phenoxy) is 3. The van der Waals surface area contributed by atoms with Gasteiger partial charge in [-0.15, -0.1) is 0 Å². The van der Waals surface area contributed by atoms with Gasteiger partial charge in [-0.2, -0.15) is 0 Å². The zero-order valence-electron chi connectivity index (χ0n) is 19.7. The van der Waals surface area contributed by atoms with E-state index in [4.69, 9.17) is 25.8 Å². The largest absolute Gasteiger partial charge is 0.490 e. The van der Waals surface area contributed by atoms with Gasteiger partial charge in [0.1, 0.15) is 6.61 Å². The number of carbonyl (C=O) groups is 1. The molecule has 0 spiro atoms. The van der Waals surface area contributed by atoms with Gasteiger partial charge in [0, 0.05) is 10.0 Å². The number of rotatable bonds is 8. The summed E-state index contributed by atoms with van der Waals surface area (Å²) in [5, 5.41) is 0.373. The molecular formula is C28H25BrClNO4. The zero-order valence-corrected chi connectivity index (χ0v) is 22.0. The second-order valence-corrected chi connectivity index (χ2v) is 9.62. The van der Waals surface area contributed by atoms with Crippen LogP contribution in [0.1, 0.15) is 48.9 Å². The van der Waals surface area contributed by atoms with E-state index in [1.807, 2.05) is 55.5 Å². The lowest BCUT2D eigenvalue weighted by Crippen LogP contribution is -2.05. The van der Waals surface area contributed by atoms with Gasteiger partial charge in [-0.1, -0.05) is 65.6 Å². The molecule has 1 aliphatic heterocycles. The topological polar surface area (TPSA) is 57.1 Å². The molecular weight excluding hydrogens is 530 g/mol. The summed E-state index contributed by atoms with van der Waals surface area (Å²) in [4.78, 5) is 16.9. The minimum Gasteiger partial charge on any atom is -0.490 e. The summed E-state index contributed by atoms with van der Waals surface area (Å²) in [6, 6.07) is 19.2. The number of esters is 1. The summed E-state index contributed by atoms with van der Waals surface area (Å²) in [6.45, 7) is 6.89. The Bertz CT molecular complexity index is 1300. The lowest BCUT2D eigenvalue weighted by Gasteiger charge is -2.14. The lowest BCUT2D eigenvalue weighted by atomic mass is 10.0. The van der Waals surface area contributed by atoms with Crippen LogP contribution in [-0.2, 0) is 16.1 Å². The Balaban J connectivity index is 1.59. The lowest BCUT2D eigenvalue weighted by molar-refractivity contribution is -0.129. The van der Waals surface area contributed by atoms with Crippen molar-refractivity contribution < 1.29 is 19.0 Å². The molecule has 0 radical (unpaired) electrons. The van der Waals surface area contributed by atoms with Crippen molar-refractivity contribution in [2.75, 3.05) is 6.61 Å². The van der Waals surface area contributed by atoms with Gasteiger partial charge in [-0.05, 0) is 72.0 Å². The van der Waals surface area contributed by atoms with E-state index in [1.165, 1.54) is 5.56 Å². The summed E-state index contributed by atoms with van der Waals surface area (Å²) >= 11 is 10.0. The number of hydrogen-bond donors (Lipinski definition) is 0. The van der Waals surface area contributed by atoms with Gasteiger partial charge < -0.3 is 14.2 Å². The van der Waals surface area contributed by atoms with Gasteiger partial charge in [0.2, 0.25) is 5.90 Å². The van der Waals surface area contributed by atoms with Crippen LogP contribution in [0.15, 0.2) is 75.8 Å². The first kappa shape index (κ1) is 25.0. The van der Waals surface area contributed by atoms with E-state index in [2.05, 4.69) is 34.8 Å². The van der Waals surface area contributed by atoms with Crippen molar-refractivity contribution in [1.29, 1.82) is 0 Å². The number of carbonyl (C=O) groups excluding carboxylic acids is 1. The number of halogens is 2. The predicted octanol–water partition coefficient (Wildman–Crippen LogP) is 7.55. The molecule has 1 heterocycles. The van der Waals surface area contributed by atoms with Crippen LogP contribution in [-0.4, -0.2) is 18.5 Å². The molecule has 0 aliphatic carbocycles. The molecule has 35 heavy (non-hydrogen) atoms. The highest BCUT2D eigenvalue weighted by molar-refractivity contribution is 9.10. The fourth-order valence-corrected chi connectivity index (χ4v) is 4.28. The fourth-order valence-electron chi connectivity index (χ4n) is 3.56. The quantitative estimate of drug-likeness (QED) is 0.213. The molecule has 0 unspecified atom stereocenters. The number of aliphatic imine (C=N–C) groups is 1. The SMILES string of the molecule is CCOc1cc(/C=C2\N=C(c3ccc(C(C)C)cc3)OC2=O)cc(Cl)c1OCc1cccc(Br)c1. The van der Waals surface area contributed by atoms with E-state index in [1.54, 1.807) is 18.2 Å². The molecule has 0 N–H and O–H groups in total. The van der Waals surface area contributed by atoms with Crippen molar-refractivity contribution in [2.45, 2.75) is 33.3 Å². The Kier molecular flexibility index (Phi) is 7.93. The molecule has 0 amide bonds. The van der Waals surface area contributed by atoms with Crippen molar-refractivity contribution in [2.24, 2.45) is 4.99 Å². The number of cyclic esters (lactones) is 1. The molecule has 5 nitrogen and oxygen atoms in total. The van der Waals surface area contributed by atoms with Crippen LogP contribution in [0.4, 0.5) is 0 Å². The van der Waals surface area contributed by atoms with Gasteiger partial charge in [-0.25, -0.2) is 9.79 Å². The van der Waals surface area contributed by atoms with Gasteiger partial charge in [-0.3, -0.25) is 0 Å². The number of benzene rings is 3. The molecule has 0 saturated carbocycles. The second kappa shape index (κ2) is 11.1. The fraction of sp³-hybridized carbons (Fsp3) is 0.214. The molecule has 180 valence electrons. The number of nitrogens with zero attached hydrogens (tertiary/aromatic N) is 1. The molecule has 0 bridgehead atoms. The molecule has 0 aromatic heterocycles. The van der Waals surface area contributed by atoms with E-state index >= 15 is 0 Å². The standard InChI is InChI=1S/C28H25BrClNO4/c1-4-33-25-15-19(13-23(30)26(25)34-16-18-6-5-7-22(29)12-18)14-24-28(32)35-27(31-24)21-10-8-20(9-11-21)17(2)3/h5-15,17H,4,16H2,1-3H3/b24-14-. The Labute approximate surface area is 218 Å². The Morgan fingerprint density at radius 2 is 1.86 bits per heavy atom. The third-order valence-corrected chi connectivity index (χ3v) is 6.13. The van der Waals surface area contributed by atoms with Crippen LogP contribution < -0.4 is 9.47 Å². The minimum absolute atomic E-state index is 0.189. The van der Waals surface area contributed by atoms with Crippen LogP contribution in [0.25, 0.3) is 6.08 Å². The van der Waals surface area contributed by atoms with Gasteiger partial charge in [0.15, 0.2) is 17.2 Å². The predicted molar refractivity (Wildman–Crippen MR) is 142 cm³/mol. The van der Waals surface area contributed by atoms with Crippen molar-refractivity contribution in [3.8, 4) is 11.5 Å². The van der Waals surface area contributed by atoms with Gasteiger partial charge >= 0.3 is 5.97 Å². The van der Waals surface area contributed by atoms with Gasteiger partial charge in [0.25, 0.3) is 0 Å². The highest BCUT2D eigenvalue weighted by Gasteiger charge is 2.24. The van der Waals surface area contributed by atoms with E-state index in [-0.39, 0.29) is 11.6 Å². The Morgan fingerprint density at radius 3 is 2.54 bits per heavy atom. The Hall–Kier alpha value is -3.09. The smallest absolute Gasteiger partial charge is 0.363 e. The summed E-state index contributed by atoms with van der Waals surface area (Å²) in [5.41, 5.74) is 3.78. The maximum atomic E-state index is 12.5. The third-order valence-electron chi connectivity index (χ3n) is 5.35. The maximum Gasteiger partial charge on any atom is 0.363 e. The first-order valence-corrected chi connectivity index (χ1v) is 12.5. The summed E-state index contributed by atoms with van der Waals surface area (Å²) < 4.78 is 18.2. The van der Waals surface area contributed by atoms with Crippen molar-refractivity contribution in [3.05, 3.63) is 98.1 Å². The van der Waals surface area contributed by atoms with E-state index in [9.17, 15) is 4.79 Å². The van der Waals surface area contributed by atoms with Crippen LogP contribution in [0, 0.1) is 0 Å². The highest BCUT2D eigenvalue weighted by Crippen LogP contribution is 2.38. The molecule has 3 aromatic carbocycles. The monoisotopic (exact) mass is 553 g/mol. The van der Waals surface area contributed by atoms with Crippen LogP contribution in [0.3, 0.4) is 0 Å². The average Bonchev–Trinajstić information content (AvgIpc) is 3.19. The minimum atomic E-state index is -0.517. The average molecular weight is 555 g/mol. The van der Waals surface area contributed by atoms with E-state index < -0.39 is 5.97 Å². The second-order valence-electron chi connectivity index (χ2n) is 8.29. The van der Waals surface area contributed by atoms with Crippen LogP contribution in [0.2, 0.25) is 5.02 Å². The van der Waals surface area contributed by atoms with Crippen molar-refractivity contribution in [1.82, 2.24) is 0 Å². The summed E-state index contributed by atoms with van der Waals surface area (Å²) in [6.07, 6.45) is 1.63. The van der Waals surface area contributed by atoms with Crippen molar-refractivity contribution in [3.63, 3.8) is 0 Å². The maximum absolute atomic E-state index is 12.5. The van der Waals surface area contributed by atoms with Crippen molar-refractivity contribution >= 4 is 45.5 Å². The molecule has 1 aliphatic rings. The molecule has 7 heteroatoms. The molecule has 0 fully saturated rings. The molecule has 3 aromatic rings. The van der Waals surface area contributed by atoms with Crippen LogP contribution in [0.5, 0.6) is 11.5 Å². The van der Waals surface area contributed by atoms with Gasteiger partial charge in [0.05, 0.1) is 11.6 Å². The van der Waals surface area contributed by atoms with E-state index in [0.717, 1.165) is 15.6 Å². The third kappa shape index (κ3) is 6.13. The highest BCUT2D eigenvalue weighted by atomic mass is 79.9. The first-order valence-electron chi connectivity index (χ1n) is 11.3. The van der Waals surface area contributed by atoms with Crippen LogP contribution >= 0.6 is 27.5 Å². The zero-order chi connectivity index (χ0) is 24.9. The summed E-state index contributed by atoms with van der Waals surface area (Å²) in [7, 11) is 0. The van der Waals surface area contributed by atoms with E-state index in [0.29, 0.717) is 41.2 Å². The first-order chi connectivity index (χ1) is 16.8.